The predicted molar refractivity (Wildman–Crippen MR) is 143 cm³/mol. The van der Waals surface area contributed by atoms with Crippen LogP contribution in [0.3, 0.4) is 0 Å². The number of pyridine rings is 1. The number of amides is 1. The molecule has 0 N–H and O–H groups in total. The largest absolute Gasteiger partial charge is 0.386 e. The molecule has 6 rings (SSSR count). The third-order valence-corrected chi connectivity index (χ3v) is 7.31. The minimum atomic E-state index is -0.655. The van der Waals surface area contributed by atoms with E-state index in [4.69, 9.17) is 9.57 Å². The van der Waals surface area contributed by atoms with Crippen LogP contribution in [0, 0.1) is 0 Å². The topological polar surface area (TPSA) is 82.2 Å². The molecule has 8 heteroatoms. The van der Waals surface area contributed by atoms with Gasteiger partial charge in [0.1, 0.15) is 0 Å². The van der Waals surface area contributed by atoms with Gasteiger partial charge in [0.05, 0.1) is 28.3 Å². The molecular formula is C30H29N3O5. The normalized spacial score (nSPS) is 17.8. The second-order valence-corrected chi connectivity index (χ2v) is 10.9. The Balaban J connectivity index is 1.59. The number of nitrogens with zero attached hydrogens (tertiary/aromatic N) is 3. The standard InChI is InChI=1S/C30H29N3O5/c1-30(2,3)38-33(17-34)18-12-13-23-20(15-18)25(24-11-7-8-14-32(23)24)27-26(28(35)37-29(27)36)21-16-31(4)22-10-6-5-9-19(21)22/h5-11,14,16-18H,12-13,15H2,1-4H3. The van der Waals surface area contributed by atoms with Crippen molar-refractivity contribution in [3.05, 3.63) is 77.2 Å². The molecule has 3 aromatic heterocycles. The van der Waals surface area contributed by atoms with Gasteiger partial charge >= 0.3 is 11.9 Å². The highest BCUT2D eigenvalue weighted by Gasteiger charge is 2.41. The first-order chi connectivity index (χ1) is 18.2. The van der Waals surface area contributed by atoms with Crippen LogP contribution >= 0.6 is 0 Å². The quantitative estimate of drug-likeness (QED) is 0.171. The number of esters is 2. The number of carbonyl (C=O) groups excluding carboxylic acids is 3. The molecule has 194 valence electrons. The number of hydrogen-bond acceptors (Lipinski definition) is 5. The van der Waals surface area contributed by atoms with Gasteiger partial charge in [-0.15, -0.1) is 0 Å². The molecule has 2 aliphatic rings. The average molecular weight is 512 g/mol. The van der Waals surface area contributed by atoms with E-state index in [0.29, 0.717) is 30.4 Å². The van der Waals surface area contributed by atoms with Crippen molar-refractivity contribution >= 4 is 45.9 Å². The fraction of sp³-hybridized carbons (Fsp3) is 0.300. The maximum absolute atomic E-state index is 13.4. The van der Waals surface area contributed by atoms with Crippen molar-refractivity contribution in [1.29, 1.82) is 0 Å². The molecule has 0 radical (unpaired) electrons. The summed E-state index contributed by atoms with van der Waals surface area (Å²) in [6.45, 7) is 5.70. The smallest absolute Gasteiger partial charge is 0.347 e. The summed E-state index contributed by atoms with van der Waals surface area (Å²) in [6.07, 6.45) is 6.45. The summed E-state index contributed by atoms with van der Waals surface area (Å²) in [5.41, 5.74) is 5.11. The lowest BCUT2D eigenvalue weighted by atomic mass is 9.86. The molecule has 1 unspecified atom stereocenters. The Bertz CT molecular complexity index is 1670. The SMILES string of the molecule is Cn1cc(C2=C(c3c4c(n5ccccc35)CCC(N(C=O)OC(C)(C)C)C4)C(=O)OC2=O)c2ccccc21. The van der Waals surface area contributed by atoms with E-state index >= 15 is 0 Å². The second-order valence-electron chi connectivity index (χ2n) is 10.9. The summed E-state index contributed by atoms with van der Waals surface area (Å²) in [7, 11) is 1.91. The van der Waals surface area contributed by atoms with Crippen molar-refractivity contribution in [2.45, 2.75) is 51.7 Å². The number of hydrogen-bond donors (Lipinski definition) is 0. The summed E-state index contributed by atoms with van der Waals surface area (Å²) in [5.74, 6) is -1.30. The Morgan fingerprint density at radius 1 is 1.03 bits per heavy atom. The third kappa shape index (κ3) is 3.75. The van der Waals surface area contributed by atoms with Gasteiger partial charge in [0.2, 0.25) is 6.41 Å². The second kappa shape index (κ2) is 8.70. The van der Waals surface area contributed by atoms with Gasteiger partial charge in [0.25, 0.3) is 0 Å². The molecule has 38 heavy (non-hydrogen) atoms. The molecule has 4 aromatic rings. The van der Waals surface area contributed by atoms with Gasteiger partial charge in [-0.05, 0) is 63.8 Å². The monoisotopic (exact) mass is 511 g/mol. The molecule has 1 amide bonds. The van der Waals surface area contributed by atoms with Crippen LogP contribution in [0.5, 0.6) is 0 Å². The Morgan fingerprint density at radius 3 is 2.50 bits per heavy atom. The van der Waals surface area contributed by atoms with E-state index < -0.39 is 17.5 Å². The van der Waals surface area contributed by atoms with E-state index in [2.05, 4.69) is 4.40 Å². The molecular weight excluding hydrogens is 482 g/mol. The fourth-order valence-electron chi connectivity index (χ4n) is 5.86. The maximum Gasteiger partial charge on any atom is 0.347 e. The van der Waals surface area contributed by atoms with Crippen molar-refractivity contribution in [1.82, 2.24) is 14.0 Å². The maximum atomic E-state index is 13.4. The molecule has 0 bridgehead atoms. The Morgan fingerprint density at radius 2 is 1.74 bits per heavy atom. The van der Waals surface area contributed by atoms with Crippen molar-refractivity contribution in [3.8, 4) is 0 Å². The number of carbonyl (C=O) groups is 3. The van der Waals surface area contributed by atoms with E-state index in [1.807, 2.05) is 87.2 Å². The van der Waals surface area contributed by atoms with E-state index in [-0.39, 0.29) is 17.2 Å². The van der Waals surface area contributed by atoms with Crippen molar-refractivity contribution in [2.75, 3.05) is 0 Å². The average Bonchev–Trinajstić information content (AvgIpc) is 3.49. The molecule has 1 aliphatic heterocycles. The van der Waals surface area contributed by atoms with Crippen molar-refractivity contribution in [2.24, 2.45) is 7.05 Å². The van der Waals surface area contributed by atoms with Gasteiger partial charge in [0.15, 0.2) is 0 Å². The van der Waals surface area contributed by atoms with Gasteiger partial charge in [-0.1, -0.05) is 24.3 Å². The summed E-state index contributed by atoms with van der Waals surface area (Å²) >= 11 is 0. The highest BCUT2D eigenvalue weighted by molar-refractivity contribution is 6.46. The number of fused-ring (bicyclic) bond motifs is 4. The van der Waals surface area contributed by atoms with Gasteiger partial charge in [0, 0.05) is 47.2 Å². The first kappa shape index (κ1) is 24.2. The molecule has 0 saturated carbocycles. The predicted octanol–water partition coefficient (Wildman–Crippen LogP) is 4.47. The Labute approximate surface area is 220 Å². The number of benzene rings is 1. The number of ether oxygens (including phenoxy) is 1. The van der Waals surface area contributed by atoms with E-state index in [1.54, 1.807) is 0 Å². The van der Waals surface area contributed by atoms with Crippen LogP contribution in [0.15, 0.2) is 54.9 Å². The number of para-hydroxylation sites is 1. The molecule has 1 aromatic carbocycles. The minimum absolute atomic E-state index is 0.217. The molecule has 8 nitrogen and oxygen atoms in total. The lowest BCUT2D eigenvalue weighted by molar-refractivity contribution is -0.233. The van der Waals surface area contributed by atoms with Gasteiger partial charge in [-0.25, -0.2) is 14.7 Å². The molecule has 0 fully saturated rings. The lowest BCUT2D eigenvalue weighted by Crippen LogP contribution is -2.43. The molecule has 4 heterocycles. The summed E-state index contributed by atoms with van der Waals surface area (Å²) in [6, 6.07) is 13.4. The molecule has 0 saturated heterocycles. The molecule has 1 atom stereocenters. The zero-order valence-electron chi connectivity index (χ0n) is 21.9. The summed E-state index contributed by atoms with van der Waals surface area (Å²) < 4.78 is 9.29. The summed E-state index contributed by atoms with van der Waals surface area (Å²) in [5, 5.41) is 2.27. The Hall–Kier alpha value is -4.17. The number of hydroxylamine groups is 2. The summed E-state index contributed by atoms with van der Waals surface area (Å²) in [4.78, 5) is 44.6. The highest BCUT2D eigenvalue weighted by Crippen LogP contribution is 2.43. The van der Waals surface area contributed by atoms with Gasteiger partial charge in [-0.3, -0.25) is 9.63 Å². The number of aromatic nitrogens is 2. The van der Waals surface area contributed by atoms with Crippen molar-refractivity contribution < 1.29 is 24.0 Å². The lowest BCUT2D eigenvalue weighted by Gasteiger charge is -2.35. The number of aryl methyl sites for hydroxylation is 2. The van der Waals surface area contributed by atoms with Crippen LogP contribution in [0.2, 0.25) is 0 Å². The van der Waals surface area contributed by atoms with Crippen LogP contribution in [0.1, 0.15) is 49.6 Å². The van der Waals surface area contributed by atoms with Crippen LogP contribution in [-0.2, 0) is 43.8 Å². The first-order valence-electron chi connectivity index (χ1n) is 12.8. The fourth-order valence-corrected chi connectivity index (χ4v) is 5.86. The minimum Gasteiger partial charge on any atom is -0.386 e. The molecule has 1 aliphatic carbocycles. The van der Waals surface area contributed by atoms with E-state index in [9.17, 15) is 14.4 Å². The number of rotatable bonds is 5. The third-order valence-electron chi connectivity index (χ3n) is 7.31. The molecule has 0 spiro atoms. The van der Waals surface area contributed by atoms with Gasteiger partial charge < -0.3 is 13.7 Å². The van der Waals surface area contributed by atoms with E-state index in [0.717, 1.165) is 34.1 Å². The zero-order valence-corrected chi connectivity index (χ0v) is 21.9. The van der Waals surface area contributed by atoms with Crippen LogP contribution in [0.4, 0.5) is 0 Å². The van der Waals surface area contributed by atoms with Crippen LogP contribution < -0.4 is 0 Å². The van der Waals surface area contributed by atoms with Crippen LogP contribution in [-0.4, -0.2) is 44.0 Å². The Kier molecular flexibility index (Phi) is 5.54. The number of cyclic esters (lactones) is 2. The van der Waals surface area contributed by atoms with Gasteiger partial charge in [-0.2, -0.15) is 0 Å². The first-order valence-corrected chi connectivity index (χ1v) is 12.8. The van der Waals surface area contributed by atoms with E-state index in [1.165, 1.54) is 5.06 Å². The highest BCUT2D eigenvalue weighted by atomic mass is 16.7. The van der Waals surface area contributed by atoms with Crippen molar-refractivity contribution in [3.63, 3.8) is 0 Å². The van der Waals surface area contributed by atoms with Crippen LogP contribution in [0.25, 0.3) is 27.6 Å². The zero-order chi connectivity index (χ0) is 26.8.